The number of hydrogen-bond acceptors (Lipinski definition) is 1. The highest BCUT2D eigenvalue weighted by molar-refractivity contribution is 5.80. The summed E-state index contributed by atoms with van der Waals surface area (Å²) in [7, 11) is 2.21. The first kappa shape index (κ1) is 12.7. The zero-order valence-corrected chi connectivity index (χ0v) is 12.6. The van der Waals surface area contributed by atoms with Crippen LogP contribution >= 0.6 is 0 Å². The van der Waals surface area contributed by atoms with E-state index in [2.05, 4.69) is 72.4 Å². The van der Waals surface area contributed by atoms with Crippen LogP contribution in [-0.4, -0.2) is 23.5 Å². The first-order valence-corrected chi connectivity index (χ1v) is 7.57. The molecule has 0 spiro atoms. The third-order valence-corrected chi connectivity index (χ3v) is 4.67. The molecule has 0 saturated carbocycles. The van der Waals surface area contributed by atoms with Crippen LogP contribution in [0.15, 0.2) is 48.5 Å². The molecule has 1 atom stereocenters. The summed E-state index contributed by atoms with van der Waals surface area (Å²) in [5, 5.41) is 1.30. The van der Waals surface area contributed by atoms with Crippen molar-refractivity contribution in [3.8, 4) is 0 Å². The van der Waals surface area contributed by atoms with Crippen LogP contribution in [0.1, 0.15) is 28.3 Å². The van der Waals surface area contributed by atoms with Gasteiger partial charge in [0.1, 0.15) is 0 Å². The molecule has 0 bridgehead atoms. The van der Waals surface area contributed by atoms with Gasteiger partial charge in [-0.2, -0.15) is 0 Å². The molecule has 2 heteroatoms. The Kier molecular flexibility index (Phi) is 2.86. The minimum Gasteiger partial charge on any atom is -0.358 e. The molecule has 0 aliphatic carbocycles. The van der Waals surface area contributed by atoms with Crippen LogP contribution in [0.25, 0.3) is 10.9 Å². The van der Waals surface area contributed by atoms with Gasteiger partial charge >= 0.3 is 0 Å². The molecule has 106 valence electrons. The second-order valence-electron chi connectivity index (χ2n) is 6.20. The number of aryl methyl sites for hydroxylation is 1. The molecule has 1 unspecified atom stereocenters. The molecule has 0 saturated heterocycles. The van der Waals surface area contributed by atoms with E-state index in [4.69, 9.17) is 0 Å². The minimum absolute atomic E-state index is 0.436. The van der Waals surface area contributed by atoms with Gasteiger partial charge in [-0.1, -0.05) is 36.4 Å². The number of nitrogens with zero attached hydrogens (tertiary/aromatic N) is 1. The Morgan fingerprint density at radius 1 is 1.10 bits per heavy atom. The van der Waals surface area contributed by atoms with Crippen molar-refractivity contribution < 1.29 is 0 Å². The van der Waals surface area contributed by atoms with E-state index in [0.29, 0.717) is 5.92 Å². The lowest BCUT2D eigenvalue weighted by Gasteiger charge is -2.33. The molecule has 4 rings (SSSR count). The number of aromatic amines is 1. The Morgan fingerprint density at radius 2 is 1.95 bits per heavy atom. The van der Waals surface area contributed by atoms with Gasteiger partial charge in [0.2, 0.25) is 0 Å². The second-order valence-corrected chi connectivity index (χ2v) is 6.20. The van der Waals surface area contributed by atoms with E-state index in [1.165, 1.54) is 33.3 Å². The number of nitrogens with one attached hydrogen (secondary N) is 1. The van der Waals surface area contributed by atoms with Gasteiger partial charge in [0.25, 0.3) is 0 Å². The largest absolute Gasteiger partial charge is 0.358 e. The van der Waals surface area contributed by atoms with Gasteiger partial charge in [-0.05, 0) is 48.2 Å². The summed E-state index contributed by atoms with van der Waals surface area (Å²) in [6, 6.07) is 17.5. The zero-order valence-electron chi connectivity index (χ0n) is 12.6. The molecule has 3 aromatic rings. The summed E-state index contributed by atoms with van der Waals surface area (Å²) in [6.07, 6.45) is 0. The number of hydrogen-bond donors (Lipinski definition) is 1. The van der Waals surface area contributed by atoms with E-state index >= 15 is 0 Å². The molecule has 1 aromatic heterocycles. The SMILES string of the molecule is Cc1cccc2c1CN(C)CC2c1cc2ccccc2[nH]1. The molecule has 2 heterocycles. The summed E-state index contributed by atoms with van der Waals surface area (Å²) >= 11 is 0. The van der Waals surface area contributed by atoms with E-state index in [-0.39, 0.29) is 0 Å². The Labute approximate surface area is 125 Å². The fourth-order valence-corrected chi connectivity index (χ4v) is 3.56. The number of para-hydroxylation sites is 1. The first-order chi connectivity index (χ1) is 10.2. The Balaban J connectivity index is 1.87. The maximum atomic E-state index is 3.62. The Hall–Kier alpha value is -2.06. The maximum absolute atomic E-state index is 3.62. The topological polar surface area (TPSA) is 19.0 Å². The highest BCUT2D eigenvalue weighted by atomic mass is 15.1. The summed E-state index contributed by atoms with van der Waals surface area (Å²) in [6.45, 7) is 4.35. The monoisotopic (exact) mass is 276 g/mol. The van der Waals surface area contributed by atoms with Crippen LogP contribution in [0, 0.1) is 6.92 Å². The molecular formula is C19H20N2. The number of likely N-dealkylation sites (N-methyl/N-ethyl adjacent to an activating group) is 1. The Morgan fingerprint density at radius 3 is 2.81 bits per heavy atom. The lowest BCUT2D eigenvalue weighted by atomic mass is 9.85. The fourth-order valence-electron chi connectivity index (χ4n) is 3.56. The Bertz CT molecular complexity index is 767. The van der Waals surface area contributed by atoms with E-state index in [9.17, 15) is 0 Å². The highest BCUT2D eigenvalue weighted by Crippen LogP contribution is 2.35. The van der Waals surface area contributed by atoms with Crippen molar-refractivity contribution >= 4 is 10.9 Å². The van der Waals surface area contributed by atoms with Gasteiger partial charge in [0.05, 0.1) is 0 Å². The van der Waals surface area contributed by atoms with Crippen molar-refractivity contribution in [1.82, 2.24) is 9.88 Å². The number of H-pyrrole nitrogens is 1. The van der Waals surface area contributed by atoms with E-state index in [1.54, 1.807) is 0 Å². The maximum Gasteiger partial charge on any atom is 0.0456 e. The molecule has 2 aromatic carbocycles. The fraction of sp³-hybridized carbons (Fsp3) is 0.263. The van der Waals surface area contributed by atoms with Gasteiger partial charge in [0, 0.05) is 30.2 Å². The van der Waals surface area contributed by atoms with Crippen LogP contribution in [-0.2, 0) is 6.54 Å². The average molecular weight is 276 g/mol. The molecular weight excluding hydrogens is 256 g/mol. The lowest BCUT2D eigenvalue weighted by Crippen LogP contribution is -2.31. The molecule has 21 heavy (non-hydrogen) atoms. The van der Waals surface area contributed by atoms with Crippen LogP contribution in [0.2, 0.25) is 0 Å². The van der Waals surface area contributed by atoms with Crippen LogP contribution in [0.5, 0.6) is 0 Å². The molecule has 1 aliphatic heterocycles. The number of benzene rings is 2. The molecule has 0 fully saturated rings. The van der Waals surface area contributed by atoms with E-state index < -0.39 is 0 Å². The van der Waals surface area contributed by atoms with Gasteiger partial charge in [-0.3, -0.25) is 0 Å². The van der Waals surface area contributed by atoms with E-state index in [0.717, 1.165) is 13.1 Å². The van der Waals surface area contributed by atoms with Crippen molar-refractivity contribution in [2.45, 2.75) is 19.4 Å². The third kappa shape index (κ3) is 2.07. The molecule has 0 radical (unpaired) electrons. The minimum atomic E-state index is 0.436. The first-order valence-electron chi connectivity index (χ1n) is 7.57. The number of fused-ring (bicyclic) bond motifs is 2. The molecule has 1 aliphatic rings. The predicted octanol–water partition coefficient (Wildman–Crippen LogP) is 4.05. The van der Waals surface area contributed by atoms with Crippen molar-refractivity contribution in [1.29, 1.82) is 0 Å². The predicted molar refractivity (Wildman–Crippen MR) is 87.7 cm³/mol. The van der Waals surface area contributed by atoms with E-state index in [1.807, 2.05) is 0 Å². The average Bonchev–Trinajstić information content (AvgIpc) is 2.91. The third-order valence-electron chi connectivity index (χ3n) is 4.67. The standard InChI is InChI=1S/C19H20N2/c1-13-6-5-8-15-16(13)11-21(2)12-17(15)19-10-14-7-3-4-9-18(14)20-19/h3-10,17,20H,11-12H2,1-2H3. The quantitative estimate of drug-likeness (QED) is 0.710. The van der Waals surface area contributed by atoms with Gasteiger partial charge in [-0.25, -0.2) is 0 Å². The zero-order chi connectivity index (χ0) is 14.4. The van der Waals surface area contributed by atoms with Crippen LogP contribution in [0.4, 0.5) is 0 Å². The van der Waals surface area contributed by atoms with Gasteiger partial charge < -0.3 is 9.88 Å². The highest BCUT2D eigenvalue weighted by Gasteiger charge is 2.26. The van der Waals surface area contributed by atoms with Crippen LogP contribution in [0.3, 0.4) is 0 Å². The molecule has 1 N–H and O–H groups in total. The summed E-state index contributed by atoms with van der Waals surface area (Å²) in [4.78, 5) is 6.04. The summed E-state index contributed by atoms with van der Waals surface area (Å²) < 4.78 is 0. The van der Waals surface area contributed by atoms with Gasteiger partial charge in [0.15, 0.2) is 0 Å². The lowest BCUT2D eigenvalue weighted by molar-refractivity contribution is 0.293. The second kappa shape index (κ2) is 4.74. The van der Waals surface area contributed by atoms with Gasteiger partial charge in [-0.15, -0.1) is 0 Å². The van der Waals surface area contributed by atoms with Crippen molar-refractivity contribution in [3.63, 3.8) is 0 Å². The number of aromatic nitrogens is 1. The van der Waals surface area contributed by atoms with Crippen molar-refractivity contribution in [2.24, 2.45) is 0 Å². The van der Waals surface area contributed by atoms with Crippen molar-refractivity contribution in [3.05, 3.63) is 70.9 Å². The smallest absolute Gasteiger partial charge is 0.0456 e. The van der Waals surface area contributed by atoms with Crippen LogP contribution < -0.4 is 0 Å². The summed E-state index contributed by atoms with van der Waals surface area (Å²) in [5.74, 6) is 0.436. The van der Waals surface area contributed by atoms with Crippen molar-refractivity contribution in [2.75, 3.05) is 13.6 Å². The molecule has 2 nitrogen and oxygen atoms in total. The summed E-state index contributed by atoms with van der Waals surface area (Å²) in [5.41, 5.74) is 6.94. The molecule has 0 amide bonds. The number of rotatable bonds is 1. The normalized spacial score (nSPS) is 18.9.